The van der Waals surface area contributed by atoms with Crippen LogP contribution in [0.15, 0.2) is 0 Å². The molecule has 0 aromatic heterocycles. The minimum absolute atomic E-state index is 0.521. The second-order valence-corrected chi connectivity index (χ2v) is 25.1. The molecule has 302 valence electrons. The summed E-state index contributed by atoms with van der Waals surface area (Å²) in [5.74, 6) is -4.37. The summed E-state index contributed by atoms with van der Waals surface area (Å²) in [5, 5.41) is 17.9. The molecule has 0 fully saturated rings. The second kappa shape index (κ2) is 41.6. The number of carboxylic acid groups (broad SMARTS) is 2. The molecule has 0 saturated carbocycles. The van der Waals surface area contributed by atoms with E-state index in [2.05, 4.69) is 55.4 Å². The Balaban J connectivity index is -0.000000758. The van der Waals surface area contributed by atoms with Crippen molar-refractivity contribution in [1.29, 1.82) is 0 Å². The average molecular weight is 747 g/mol. The van der Waals surface area contributed by atoms with Crippen molar-refractivity contribution in [2.75, 3.05) is 49.3 Å². The Hall–Kier alpha value is -0.200. The maximum absolute atomic E-state index is 8.93. The lowest BCUT2D eigenvalue weighted by Crippen LogP contribution is -2.42. The van der Waals surface area contributed by atoms with Gasteiger partial charge in [0.05, 0.1) is 61.2 Å². The normalized spacial score (nSPS) is 11.4. The van der Waals surface area contributed by atoms with Crippen LogP contribution in [-0.4, -0.2) is 61.2 Å². The van der Waals surface area contributed by atoms with E-state index >= 15 is 0 Å². The molecule has 0 atom stereocenters. The second-order valence-electron chi connectivity index (χ2n) is 15.1. The number of unbranched alkanes of at least 4 members (excludes halogenated alkanes) is 24. The topological polar surface area (TPSA) is 80.3 Å². The monoisotopic (exact) mass is 747 g/mol. The lowest BCUT2D eigenvalue weighted by molar-refractivity contribution is -0.345. The van der Waals surface area contributed by atoms with Crippen LogP contribution in [0.25, 0.3) is 0 Å². The first kappa shape index (κ1) is 54.1. The Morgan fingerprint density at radius 1 is 0.300 bits per heavy atom. The molecule has 0 heterocycles. The van der Waals surface area contributed by atoms with Crippen LogP contribution in [0, 0.1) is 0 Å². The summed E-state index contributed by atoms with van der Waals surface area (Å²) < 4.78 is 0. The van der Waals surface area contributed by atoms with Gasteiger partial charge in [-0.25, -0.2) is 0 Å². The minimum atomic E-state index is -2.19. The van der Waals surface area contributed by atoms with Crippen LogP contribution in [-0.2, 0) is 9.59 Å². The van der Waals surface area contributed by atoms with Crippen LogP contribution in [0.2, 0.25) is 0 Å². The minimum Gasteiger partial charge on any atom is -0.543 e. The van der Waals surface area contributed by atoms with Crippen molar-refractivity contribution < 1.29 is 19.8 Å². The molecule has 4 nitrogen and oxygen atoms in total. The molecule has 50 heavy (non-hydrogen) atoms. The molecule has 0 aliphatic heterocycles. The first-order chi connectivity index (χ1) is 24.1. The van der Waals surface area contributed by atoms with Crippen molar-refractivity contribution in [3.63, 3.8) is 0 Å². The Bertz CT molecular complexity index is 617. The van der Waals surface area contributed by atoms with E-state index in [0.29, 0.717) is 0 Å². The fourth-order valence-corrected chi connectivity index (χ4v) is 13.6. The quantitative estimate of drug-likeness (QED) is 0.0373. The summed E-state index contributed by atoms with van der Waals surface area (Å²) in [4.78, 5) is 17.9. The fourth-order valence-electron chi connectivity index (χ4n) is 7.22. The van der Waals surface area contributed by atoms with Crippen LogP contribution < -0.4 is 10.2 Å². The van der Waals surface area contributed by atoms with E-state index in [1.807, 2.05) is 0 Å². The molecule has 0 spiro atoms. The molecule has 0 aliphatic carbocycles. The molecule has 0 aliphatic rings. The van der Waals surface area contributed by atoms with E-state index in [1.54, 1.807) is 12.3 Å². The van der Waals surface area contributed by atoms with E-state index in [-0.39, 0.29) is 0 Å². The van der Waals surface area contributed by atoms with E-state index < -0.39 is 26.5 Å². The SMILES string of the molecule is CCCCCCCCCCCCCCC[P+](CC)(CC)CC.CCCCCCCCCCCCCCC[P+](CC)(CC)CC.O=C([O-])C(=O)[O-]. The molecule has 0 bridgehead atoms. The Labute approximate surface area is 317 Å². The molecular formula is C44H92O4P2. The summed E-state index contributed by atoms with van der Waals surface area (Å²) >= 11 is 0. The van der Waals surface area contributed by atoms with Gasteiger partial charge in [0.25, 0.3) is 0 Å². The predicted octanol–water partition coefficient (Wildman–Crippen LogP) is 12.8. The zero-order chi connectivity index (χ0) is 38.2. The maximum Gasteiger partial charge on any atom is 0.0870 e. The largest absolute Gasteiger partial charge is 0.543 e. The van der Waals surface area contributed by atoms with Crippen molar-refractivity contribution in [2.24, 2.45) is 0 Å². The van der Waals surface area contributed by atoms with Gasteiger partial charge in [0.2, 0.25) is 0 Å². The lowest BCUT2D eigenvalue weighted by atomic mass is 10.1. The van der Waals surface area contributed by atoms with Crippen LogP contribution in [0.3, 0.4) is 0 Å². The highest BCUT2D eigenvalue weighted by atomic mass is 31.2. The third-order valence-electron chi connectivity index (χ3n) is 11.7. The summed E-state index contributed by atoms with van der Waals surface area (Å²) in [6.07, 6.45) is 50.5. The highest BCUT2D eigenvalue weighted by Crippen LogP contribution is 2.59. The Morgan fingerprint density at radius 2 is 0.460 bits per heavy atom. The third-order valence-corrected chi connectivity index (χ3v) is 22.2. The average Bonchev–Trinajstić information content (AvgIpc) is 3.13. The molecule has 0 aromatic carbocycles. The highest BCUT2D eigenvalue weighted by Gasteiger charge is 2.30. The van der Waals surface area contributed by atoms with E-state index in [0.717, 1.165) is 0 Å². The maximum atomic E-state index is 8.93. The van der Waals surface area contributed by atoms with Gasteiger partial charge in [-0.3, -0.25) is 0 Å². The van der Waals surface area contributed by atoms with E-state index in [1.165, 1.54) is 204 Å². The fraction of sp³-hybridized carbons (Fsp3) is 0.955. The van der Waals surface area contributed by atoms with Crippen LogP contribution >= 0.6 is 14.5 Å². The summed E-state index contributed by atoms with van der Waals surface area (Å²) in [7, 11) is -1.04. The van der Waals surface area contributed by atoms with Gasteiger partial charge in [0, 0.05) is 14.5 Å². The number of carbonyl (C=O) groups excluding carboxylic acids is 2. The van der Waals surface area contributed by atoms with Gasteiger partial charge in [0.15, 0.2) is 0 Å². The van der Waals surface area contributed by atoms with Gasteiger partial charge < -0.3 is 19.8 Å². The summed E-state index contributed by atoms with van der Waals surface area (Å²) in [6.45, 7) is 19.2. The molecule has 0 rings (SSSR count). The van der Waals surface area contributed by atoms with Gasteiger partial charge in [-0.2, -0.15) is 0 Å². The van der Waals surface area contributed by atoms with Gasteiger partial charge in [-0.1, -0.05) is 155 Å². The molecule has 6 heteroatoms. The zero-order valence-electron chi connectivity index (χ0n) is 35.6. The third kappa shape index (κ3) is 36.2. The van der Waals surface area contributed by atoms with Crippen molar-refractivity contribution >= 4 is 26.5 Å². The van der Waals surface area contributed by atoms with Gasteiger partial charge in [0.1, 0.15) is 0 Å². The standard InChI is InChI=1S/2C21H46P.C2H2O4/c2*1-5-9-10-11-12-13-14-15-16-17-18-19-20-21-22(6-2,7-3)8-4;3-1(4)2(5)6/h2*5-21H2,1-4H3;(H,3,4)(H,5,6)/q2*+1;/p-2. The van der Waals surface area contributed by atoms with Crippen molar-refractivity contribution in [3.05, 3.63) is 0 Å². The molecule has 0 N–H and O–H groups in total. The first-order valence-corrected chi connectivity index (χ1v) is 27.3. The smallest absolute Gasteiger partial charge is 0.0870 e. The van der Waals surface area contributed by atoms with Crippen LogP contribution in [0.1, 0.15) is 222 Å². The van der Waals surface area contributed by atoms with Crippen molar-refractivity contribution in [1.82, 2.24) is 0 Å². The number of aliphatic carboxylic acids is 2. The summed E-state index contributed by atoms with van der Waals surface area (Å²) in [6, 6.07) is 0. The van der Waals surface area contributed by atoms with Gasteiger partial charge in [-0.05, 0) is 67.2 Å². The van der Waals surface area contributed by atoms with Crippen LogP contribution in [0.5, 0.6) is 0 Å². The Kier molecular flexibility index (Phi) is 45.0. The number of hydrogen-bond acceptors (Lipinski definition) is 4. The van der Waals surface area contributed by atoms with Crippen molar-refractivity contribution in [3.8, 4) is 0 Å². The number of carbonyl (C=O) groups is 2. The Morgan fingerprint density at radius 3 is 0.600 bits per heavy atom. The molecule has 0 radical (unpaired) electrons. The number of hydrogen-bond donors (Lipinski definition) is 0. The van der Waals surface area contributed by atoms with Crippen molar-refractivity contribution in [2.45, 2.75) is 222 Å². The summed E-state index contributed by atoms with van der Waals surface area (Å²) in [5.41, 5.74) is 0. The van der Waals surface area contributed by atoms with E-state index in [4.69, 9.17) is 19.8 Å². The molecular weight excluding hydrogens is 654 g/mol. The van der Waals surface area contributed by atoms with Gasteiger partial charge >= 0.3 is 0 Å². The molecule has 0 saturated heterocycles. The zero-order valence-corrected chi connectivity index (χ0v) is 37.4. The highest BCUT2D eigenvalue weighted by molar-refractivity contribution is 7.76. The predicted molar refractivity (Wildman–Crippen MR) is 228 cm³/mol. The molecule has 0 amide bonds. The molecule has 0 aromatic rings. The van der Waals surface area contributed by atoms with Gasteiger partial charge in [-0.15, -0.1) is 0 Å². The lowest BCUT2D eigenvalue weighted by Gasteiger charge is -2.23. The number of rotatable bonds is 34. The first-order valence-electron chi connectivity index (χ1n) is 22.3. The number of carboxylic acids is 2. The van der Waals surface area contributed by atoms with E-state index in [9.17, 15) is 0 Å². The molecule has 0 unspecified atom stereocenters. The van der Waals surface area contributed by atoms with Crippen LogP contribution in [0.4, 0.5) is 0 Å².